The molecular formula is C15H18ClN3O. The van der Waals surface area contributed by atoms with Crippen LogP contribution in [0.3, 0.4) is 0 Å². The number of likely N-dealkylation sites (tertiary alicyclic amines) is 1. The molecule has 0 N–H and O–H groups in total. The van der Waals surface area contributed by atoms with Crippen LogP contribution in [0.25, 0.3) is 0 Å². The zero-order valence-electron chi connectivity index (χ0n) is 11.6. The number of pyridine rings is 1. The summed E-state index contributed by atoms with van der Waals surface area (Å²) in [4.78, 5) is 18.4. The molecule has 1 saturated heterocycles. The fourth-order valence-corrected chi connectivity index (χ4v) is 2.76. The maximum Gasteiger partial charge on any atom is 0.255 e. The number of rotatable bonds is 3. The number of piperidine rings is 1. The number of hydrogen-bond acceptors (Lipinski definition) is 3. The maximum atomic E-state index is 12.6. The summed E-state index contributed by atoms with van der Waals surface area (Å²) in [5.41, 5.74) is 1.37. The van der Waals surface area contributed by atoms with Crippen molar-refractivity contribution in [3.8, 4) is 6.07 Å². The minimum atomic E-state index is -0.321. The Balaban J connectivity index is 2.26. The predicted octanol–water partition coefficient (Wildman–Crippen LogP) is 3.21. The summed E-state index contributed by atoms with van der Waals surface area (Å²) >= 11 is 5.99. The number of halogens is 1. The average molecular weight is 292 g/mol. The standard InChI is InChI=1S/C15H18ClN3O/c1-2-5-12-8-11(9-14(16)18-12)15(20)19-7-4-3-6-13(19)10-17/h8-9,13H,2-7H2,1H3. The van der Waals surface area contributed by atoms with Crippen LogP contribution in [0.1, 0.15) is 48.7 Å². The monoisotopic (exact) mass is 291 g/mol. The second kappa shape index (κ2) is 6.71. The van der Waals surface area contributed by atoms with Crippen LogP contribution < -0.4 is 0 Å². The lowest BCUT2D eigenvalue weighted by Gasteiger charge is -2.31. The zero-order chi connectivity index (χ0) is 14.5. The van der Waals surface area contributed by atoms with Gasteiger partial charge in [-0.3, -0.25) is 4.79 Å². The van der Waals surface area contributed by atoms with Crippen LogP contribution in [0.15, 0.2) is 12.1 Å². The van der Waals surface area contributed by atoms with Crippen molar-refractivity contribution in [3.63, 3.8) is 0 Å². The Hall–Kier alpha value is -1.60. The molecular weight excluding hydrogens is 274 g/mol. The van der Waals surface area contributed by atoms with Gasteiger partial charge in [-0.05, 0) is 37.8 Å². The van der Waals surface area contributed by atoms with Gasteiger partial charge < -0.3 is 4.90 Å². The van der Waals surface area contributed by atoms with Gasteiger partial charge in [0.2, 0.25) is 0 Å². The van der Waals surface area contributed by atoms with Gasteiger partial charge in [0.25, 0.3) is 5.91 Å². The highest BCUT2D eigenvalue weighted by Gasteiger charge is 2.27. The lowest BCUT2D eigenvalue weighted by Crippen LogP contribution is -2.43. The highest BCUT2D eigenvalue weighted by atomic mass is 35.5. The molecule has 1 aliphatic heterocycles. The Morgan fingerprint density at radius 1 is 1.55 bits per heavy atom. The molecule has 5 heteroatoms. The van der Waals surface area contributed by atoms with Crippen LogP contribution in [0.5, 0.6) is 0 Å². The average Bonchev–Trinajstić information content (AvgIpc) is 2.46. The Labute approximate surface area is 124 Å². The minimum absolute atomic E-state index is 0.113. The van der Waals surface area contributed by atoms with E-state index in [9.17, 15) is 4.79 Å². The predicted molar refractivity (Wildman–Crippen MR) is 77.5 cm³/mol. The highest BCUT2D eigenvalue weighted by Crippen LogP contribution is 2.21. The summed E-state index contributed by atoms with van der Waals surface area (Å²) in [5, 5.41) is 9.51. The molecule has 20 heavy (non-hydrogen) atoms. The number of aromatic nitrogens is 1. The van der Waals surface area contributed by atoms with Crippen LogP contribution in [0.2, 0.25) is 5.15 Å². The SMILES string of the molecule is CCCc1cc(C(=O)N2CCCCC2C#N)cc(Cl)n1. The van der Waals surface area contributed by atoms with Crippen molar-refractivity contribution in [1.29, 1.82) is 5.26 Å². The molecule has 2 heterocycles. The topological polar surface area (TPSA) is 57.0 Å². The number of amides is 1. The molecule has 0 saturated carbocycles. The normalized spacial score (nSPS) is 18.6. The van der Waals surface area contributed by atoms with Gasteiger partial charge in [-0.2, -0.15) is 5.26 Å². The lowest BCUT2D eigenvalue weighted by molar-refractivity contribution is 0.0670. The van der Waals surface area contributed by atoms with Crippen molar-refractivity contribution in [2.75, 3.05) is 6.54 Å². The Bertz CT molecular complexity index is 538. The molecule has 2 rings (SSSR count). The second-order valence-corrected chi connectivity index (χ2v) is 5.45. The van der Waals surface area contributed by atoms with E-state index in [1.54, 1.807) is 17.0 Å². The first-order valence-corrected chi connectivity index (χ1v) is 7.40. The van der Waals surface area contributed by atoms with Gasteiger partial charge in [-0.1, -0.05) is 24.9 Å². The number of hydrogen-bond donors (Lipinski definition) is 0. The van der Waals surface area contributed by atoms with Gasteiger partial charge in [0.1, 0.15) is 11.2 Å². The summed E-state index contributed by atoms with van der Waals surface area (Å²) in [7, 11) is 0. The van der Waals surface area contributed by atoms with Crippen molar-refractivity contribution < 1.29 is 4.79 Å². The summed E-state index contributed by atoms with van der Waals surface area (Å²) in [6.45, 7) is 2.69. The number of aryl methyl sites for hydroxylation is 1. The third kappa shape index (κ3) is 3.29. The molecule has 0 bridgehead atoms. The molecule has 1 aliphatic rings. The molecule has 0 radical (unpaired) electrons. The van der Waals surface area contributed by atoms with Gasteiger partial charge in [-0.25, -0.2) is 4.98 Å². The molecule has 1 aromatic rings. The van der Waals surface area contributed by atoms with E-state index in [4.69, 9.17) is 16.9 Å². The summed E-state index contributed by atoms with van der Waals surface area (Å²) in [6, 6.07) is 5.28. The van der Waals surface area contributed by atoms with Crippen molar-refractivity contribution in [2.45, 2.75) is 45.1 Å². The fraction of sp³-hybridized carbons (Fsp3) is 0.533. The molecule has 106 valence electrons. The van der Waals surface area contributed by atoms with E-state index >= 15 is 0 Å². The number of nitrogens with zero attached hydrogens (tertiary/aromatic N) is 3. The molecule has 0 aromatic carbocycles. The molecule has 0 spiro atoms. The van der Waals surface area contributed by atoms with Crippen molar-refractivity contribution >= 4 is 17.5 Å². The Morgan fingerprint density at radius 2 is 2.35 bits per heavy atom. The number of carbonyl (C=O) groups excluding carboxylic acids is 1. The first-order valence-electron chi connectivity index (χ1n) is 7.02. The molecule has 0 aliphatic carbocycles. The first-order chi connectivity index (χ1) is 9.65. The largest absolute Gasteiger partial charge is 0.323 e. The smallest absolute Gasteiger partial charge is 0.255 e. The van der Waals surface area contributed by atoms with Crippen LogP contribution in [-0.4, -0.2) is 28.4 Å². The second-order valence-electron chi connectivity index (χ2n) is 5.06. The summed E-state index contributed by atoms with van der Waals surface area (Å²) in [6.07, 6.45) is 4.45. The maximum absolute atomic E-state index is 12.6. The molecule has 1 atom stereocenters. The third-order valence-electron chi connectivity index (χ3n) is 3.51. The van der Waals surface area contributed by atoms with Gasteiger partial charge in [-0.15, -0.1) is 0 Å². The lowest BCUT2D eigenvalue weighted by atomic mass is 10.0. The molecule has 1 amide bonds. The van der Waals surface area contributed by atoms with E-state index in [1.807, 2.05) is 0 Å². The van der Waals surface area contributed by atoms with E-state index in [0.717, 1.165) is 37.8 Å². The fourth-order valence-electron chi connectivity index (χ4n) is 2.53. The Kier molecular flexibility index (Phi) is 4.97. The molecule has 1 unspecified atom stereocenters. The molecule has 1 fully saturated rings. The van der Waals surface area contributed by atoms with Crippen LogP contribution >= 0.6 is 11.6 Å². The van der Waals surface area contributed by atoms with Gasteiger partial charge >= 0.3 is 0 Å². The van der Waals surface area contributed by atoms with E-state index in [-0.39, 0.29) is 11.9 Å². The van der Waals surface area contributed by atoms with E-state index in [0.29, 0.717) is 17.3 Å². The van der Waals surface area contributed by atoms with Crippen molar-refractivity contribution in [3.05, 3.63) is 28.5 Å². The first kappa shape index (κ1) is 14.8. The minimum Gasteiger partial charge on any atom is -0.323 e. The van der Waals surface area contributed by atoms with E-state index in [2.05, 4.69) is 18.0 Å². The van der Waals surface area contributed by atoms with Gasteiger partial charge in [0.15, 0.2) is 0 Å². The molecule has 1 aromatic heterocycles. The molecule has 4 nitrogen and oxygen atoms in total. The highest BCUT2D eigenvalue weighted by molar-refractivity contribution is 6.29. The third-order valence-corrected chi connectivity index (χ3v) is 3.71. The van der Waals surface area contributed by atoms with Gasteiger partial charge in [0, 0.05) is 17.8 Å². The van der Waals surface area contributed by atoms with Crippen LogP contribution in [-0.2, 0) is 6.42 Å². The van der Waals surface area contributed by atoms with Gasteiger partial charge in [0.05, 0.1) is 6.07 Å². The Morgan fingerprint density at radius 3 is 3.05 bits per heavy atom. The quantitative estimate of drug-likeness (QED) is 0.804. The summed E-state index contributed by atoms with van der Waals surface area (Å²) < 4.78 is 0. The van der Waals surface area contributed by atoms with Crippen LogP contribution in [0, 0.1) is 11.3 Å². The zero-order valence-corrected chi connectivity index (χ0v) is 12.4. The van der Waals surface area contributed by atoms with Crippen molar-refractivity contribution in [1.82, 2.24) is 9.88 Å². The number of nitriles is 1. The van der Waals surface area contributed by atoms with Crippen LogP contribution in [0.4, 0.5) is 0 Å². The van der Waals surface area contributed by atoms with E-state index < -0.39 is 0 Å². The van der Waals surface area contributed by atoms with E-state index in [1.165, 1.54) is 0 Å². The summed E-state index contributed by atoms with van der Waals surface area (Å²) in [5.74, 6) is -0.113. The van der Waals surface area contributed by atoms with Crippen molar-refractivity contribution in [2.24, 2.45) is 0 Å². The number of carbonyl (C=O) groups is 1.